The molecule has 0 spiro atoms. The summed E-state index contributed by atoms with van der Waals surface area (Å²) in [6.07, 6.45) is 1.90. The third-order valence-corrected chi connectivity index (χ3v) is 6.02. The average Bonchev–Trinajstić information content (AvgIpc) is 2.54. The van der Waals surface area contributed by atoms with E-state index in [0.29, 0.717) is 24.2 Å². The minimum atomic E-state index is -3.35. The lowest BCUT2D eigenvalue weighted by molar-refractivity contribution is 0.0600. The molecule has 0 amide bonds. The number of carbonyl (C=O) groups excluding carboxylic acids is 1. The Bertz CT molecular complexity index is 641. The third-order valence-electron chi connectivity index (χ3n) is 4.21. The molecule has 1 aliphatic heterocycles. The van der Waals surface area contributed by atoms with Gasteiger partial charge in [-0.25, -0.2) is 17.5 Å². The fourth-order valence-corrected chi connectivity index (χ4v) is 4.35. The monoisotopic (exact) mass is 340 g/mol. The maximum atomic E-state index is 12.6. The fraction of sp³-hybridized carbons (Fsp3) is 0.562. The van der Waals surface area contributed by atoms with Crippen molar-refractivity contribution < 1.29 is 17.9 Å². The summed E-state index contributed by atoms with van der Waals surface area (Å²) in [7, 11) is 1.92. The summed E-state index contributed by atoms with van der Waals surface area (Å²) in [5.74, 6) is -0.474. The summed E-state index contributed by atoms with van der Waals surface area (Å²) < 4.78 is 31.4. The zero-order valence-electron chi connectivity index (χ0n) is 13.9. The number of esters is 1. The van der Waals surface area contributed by atoms with Gasteiger partial charge in [-0.05, 0) is 44.6 Å². The lowest BCUT2D eigenvalue weighted by Gasteiger charge is -2.35. The van der Waals surface area contributed by atoms with Gasteiger partial charge in [0.15, 0.2) is 0 Å². The lowest BCUT2D eigenvalue weighted by Crippen LogP contribution is -2.47. The second-order valence-electron chi connectivity index (χ2n) is 6.06. The molecule has 6 nitrogen and oxygen atoms in total. The van der Waals surface area contributed by atoms with Crippen LogP contribution in [-0.2, 0) is 20.5 Å². The van der Waals surface area contributed by atoms with Crippen LogP contribution in [0.25, 0.3) is 0 Å². The van der Waals surface area contributed by atoms with Gasteiger partial charge in [0.25, 0.3) is 0 Å². The molecule has 23 heavy (non-hydrogen) atoms. The molecule has 2 rings (SSSR count). The Morgan fingerprint density at radius 2 is 1.96 bits per heavy atom. The highest BCUT2D eigenvalue weighted by molar-refractivity contribution is 7.88. The molecule has 1 heterocycles. The molecule has 1 aliphatic rings. The average molecular weight is 340 g/mol. The molecule has 1 saturated heterocycles. The van der Waals surface area contributed by atoms with Crippen molar-refractivity contribution >= 4 is 16.0 Å². The van der Waals surface area contributed by atoms with Crippen molar-refractivity contribution in [1.29, 1.82) is 0 Å². The Morgan fingerprint density at radius 1 is 1.30 bits per heavy atom. The second-order valence-corrected chi connectivity index (χ2v) is 8.03. The molecule has 1 aromatic carbocycles. The number of piperidine rings is 1. The highest BCUT2D eigenvalue weighted by Gasteiger charge is 2.29. The number of sulfonamides is 1. The summed E-state index contributed by atoms with van der Waals surface area (Å²) in [5, 5.41) is 0. The maximum Gasteiger partial charge on any atom is 0.337 e. The maximum absolute atomic E-state index is 12.6. The lowest BCUT2D eigenvalue weighted by atomic mass is 10.1. The van der Waals surface area contributed by atoms with E-state index in [9.17, 15) is 13.2 Å². The van der Waals surface area contributed by atoms with Gasteiger partial charge in [-0.2, -0.15) is 0 Å². The van der Waals surface area contributed by atoms with Crippen molar-refractivity contribution in [2.75, 3.05) is 34.3 Å². The Hall–Kier alpha value is -1.44. The van der Waals surface area contributed by atoms with E-state index in [2.05, 4.69) is 9.64 Å². The van der Waals surface area contributed by atoms with Crippen LogP contribution in [0.15, 0.2) is 24.3 Å². The molecule has 0 unspecified atom stereocenters. The number of hydrogen-bond acceptors (Lipinski definition) is 5. The van der Waals surface area contributed by atoms with Gasteiger partial charge in [0.2, 0.25) is 10.0 Å². The first-order valence-corrected chi connectivity index (χ1v) is 9.26. The van der Waals surface area contributed by atoms with Gasteiger partial charge in [0, 0.05) is 19.1 Å². The number of methoxy groups -OCH3 is 1. The predicted molar refractivity (Wildman–Crippen MR) is 88.7 cm³/mol. The van der Waals surface area contributed by atoms with Gasteiger partial charge in [-0.15, -0.1) is 0 Å². The molecular weight excluding hydrogens is 316 g/mol. The van der Waals surface area contributed by atoms with Crippen molar-refractivity contribution in [3.8, 4) is 0 Å². The third kappa shape index (κ3) is 4.53. The highest BCUT2D eigenvalue weighted by atomic mass is 32.2. The van der Waals surface area contributed by atoms with E-state index in [4.69, 9.17) is 0 Å². The van der Waals surface area contributed by atoms with Gasteiger partial charge < -0.3 is 9.64 Å². The predicted octanol–water partition coefficient (Wildman–Crippen LogP) is 1.33. The Balaban J connectivity index is 2.07. The van der Waals surface area contributed by atoms with Crippen LogP contribution < -0.4 is 0 Å². The van der Waals surface area contributed by atoms with Crippen LogP contribution >= 0.6 is 0 Å². The van der Waals surface area contributed by atoms with Crippen molar-refractivity contribution in [3.63, 3.8) is 0 Å². The molecule has 0 aromatic heterocycles. The zero-order chi connectivity index (χ0) is 17.0. The van der Waals surface area contributed by atoms with E-state index in [0.717, 1.165) is 12.8 Å². The zero-order valence-corrected chi connectivity index (χ0v) is 14.7. The van der Waals surface area contributed by atoms with Crippen LogP contribution in [0.2, 0.25) is 0 Å². The van der Waals surface area contributed by atoms with E-state index in [1.54, 1.807) is 28.6 Å². The molecule has 0 bridgehead atoms. The summed E-state index contributed by atoms with van der Waals surface area (Å²) in [4.78, 5) is 13.5. The number of carbonyl (C=O) groups is 1. The van der Waals surface area contributed by atoms with E-state index >= 15 is 0 Å². The summed E-state index contributed by atoms with van der Waals surface area (Å²) >= 11 is 0. The van der Waals surface area contributed by atoms with Crippen LogP contribution in [-0.4, -0.2) is 63.9 Å². The molecule has 0 N–H and O–H groups in total. The minimum Gasteiger partial charge on any atom is -0.465 e. The van der Waals surface area contributed by atoms with Gasteiger partial charge in [-0.1, -0.05) is 12.1 Å². The summed E-state index contributed by atoms with van der Waals surface area (Å²) in [6, 6.07) is 6.78. The van der Waals surface area contributed by atoms with Crippen molar-refractivity contribution in [2.45, 2.75) is 24.6 Å². The van der Waals surface area contributed by atoms with Crippen molar-refractivity contribution in [3.05, 3.63) is 35.4 Å². The molecule has 0 aliphatic carbocycles. The largest absolute Gasteiger partial charge is 0.465 e. The first-order valence-electron chi connectivity index (χ1n) is 7.65. The van der Waals surface area contributed by atoms with Crippen LogP contribution in [0, 0.1) is 0 Å². The normalized spacial score (nSPS) is 19.7. The molecular formula is C16H24N2O4S. The van der Waals surface area contributed by atoms with E-state index in [1.807, 2.05) is 14.1 Å². The number of likely N-dealkylation sites (N-methyl/N-ethyl adjacent to an activating group) is 1. The van der Waals surface area contributed by atoms with E-state index in [-0.39, 0.29) is 11.8 Å². The number of hydrogen-bond donors (Lipinski definition) is 0. The van der Waals surface area contributed by atoms with Gasteiger partial charge in [-0.3, -0.25) is 0 Å². The molecule has 7 heteroatoms. The van der Waals surface area contributed by atoms with Crippen LogP contribution in [0.3, 0.4) is 0 Å². The molecule has 1 fully saturated rings. The van der Waals surface area contributed by atoms with E-state index in [1.165, 1.54) is 7.11 Å². The van der Waals surface area contributed by atoms with Gasteiger partial charge in [0.1, 0.15) is 0 Å². The first-order chi connectivity index (χ1) is 10.8. The Labute approximate surface area is 138 Å². The SMILES string of the molecule is COC(=O)c1ccc(CS(=O)(=O)N2CCC[C@H](N(C)C)C2)cc1. The second kappa shape index (κ2) is 7.42. The number of rotatable bonds is 5. The highest BCUT2D eigenvalue weighted by Crippen LogP contribution is 2.20. The molecule has 0 saturated carbocycles. The van der Waals surface area contributed by atoms with Gasteiger partial charge >= 0.3 is 5.97 Å². The quantitative estimate of drug-likeness (QED) is 0.757. The fourth-order valence-electron chi connectivity index (χ4n) is 2.75. The van der Waals surface area contributed by atoms with Gasteiger partial charge in [0.05, 0.1) is 18.4 Å². The molecule has 128 valence electrons. The Kier molecular flexibility index (Phi) is 5.78. The van der Waals surface area contributed by atoms with Crippen LogP contribution in [0.4, 0.5) is 0 Å². The van der Waals surface area contributed by atoms with E-state index < -0.39 is 16.0 Å². The molecule has 1 aromatic rings. The Morgan fingerprint density at radius 3 is 2.52 bits per heavy atom. The minimum absolute atomic E-state index is 0.0470. The first kappa shape index (κ1) is 17.9. The molecule has 0 radical (unpaired) electrons. The van der Waals surface area contributed by atoms with Crippen LogP contribution in [0.5, 0.6) is 0 Å². The van der Waals surface area contributed by atoms with Crippen molar-refractivity contribution in [1.82, 2.24) is 9.21 Å². The number of nitrogens with zero attached hydrogens (tertiary/aromatic N) is 2. The van der Waals surface area contributed by atoms with Crippen LogP contribution in [0.1, 0.15) is 28.8 Å². The number of benzene rings is 1. The topological polar surface area (TPSA) is 66.9 Å². The smallest absolute Gasteiger partial charge is 0.337 e. The standard InChI is InChI=1S/C16H24N2O4S/c1-17(2)15-5-4-10-18(11-15)23(20,21)12-13-6-8-14(9-7-13)16(19)22-3/h6-9,15H,4-5,10-12H2,1-3H3/t15-/m0/s1. The molecule has 1 atom stereocenters. The summed E-state index contributed by atoms with van der Waals surface area (Å²) in [6.45, 7) is 1.11. The van der Waals surface area contributed by atoms with Crippen molar-refractivity contribution in [2.24, 2.45) is 0 Å². The summed E-state index contributed by atoms with van der Waals surface area (Å²) in [5.41, 5.74) is 1.09. The number of ether oxygens (including phenoxy) is 1.